The number of aliphatic imine (C=N–C) groups is 1. The second-order valence-corrected chi connectivity index (χ2v) is 3.38. The van der Waals surface area contributed by atoms with Crippen LogP contribution < -0.4 is 5.32 Å². The van der Waals surface area contributed by atoms with Crippen molar-refractivity contribution in [2.45, 2.75) is 19.9 Å². The summed E-state index contributed by atoms with van der Waals surface area (Å²) in [5, 5.41) is 2.75. The van der Waals surface area contributed by atoms with Crippen molar-refractivity contribution in [1.82, 2.24) is 10.3 Å². The Kier molecular flexibility index (Phi) is 4.89. The van der Waals surface area contributed by atoms with Gasteiger partial charge in [-0.25, -0.2) is 0 Å². The van der Waals surface area contributed by atoms with Crippen molar-refractivity contribution < 1.29 is 11.0 Å². The molecule has 0 unspecified atom stereocenters. The Morgan fingerprint density at radius 2 is 2.47 bits per heavy atom. The van der Waals surface area contributed by atoms with Gasteiger partial charge in [-0.2, -0.15) is 0 Å². The van der Waals surface area contributed by atoms with Gasteiger partial charge in [0, 0.05) is 12.7 Å². The van der Waals surface area contributed by atoms with E-state index in [0.29, 0.717) is 17.8 Å². The van der Waals surface area contributed by atoms with E-state index in [4.69, 9.17) is 1.37 Å². The van der Waals surface area contributed by atoms with E-state index >= 15 is 0 Å². The molecule has 1 amide bonds. The van der Waals surface area contributed by atoms with Crippen molar-refractivity contribution >= 4 is 18.4 Å². The molecule has 0 aliphatic carbocycles. The Hall–Kier alpha value is -2.04. The Labute approximate surface area is 101 Å². The smallest absolute Gasteiger partial charge is 0.252 e. The highest BCUT2D eigenvalue weighted by molar-refractivity contribution is 6.12. The molecule has 0 radical (unpaired) electrons. The van der Waals surface area contributed by atoms with Crippen molar-refractivity contribution in [3.63, 3.8) is 0 Å². The maximum atomic E-state index is 11.6. The van der Waals surface area contributed by atoms with Crippen LogP contribution in [-0.4, -0.2) is 29.9 Å². The summed E-state index contributed by atoms with van der Waals surface area (Å²) >= 11 is 0. The van der Waals surface area contributed by atoms with Gasteiger partial charge in [0.25, 0.3) is 5.91 Å². The van der Waals surface area contributed by atoms with Gasteiger partial charge in [-0.3, -0.25) is 19.6 Å². The van der Waals surface area contributed by atoms with E-state index in [1.807, 2.05) is 6.92 Å². The molecule has 1 aromatic rings. The van der Waals surface area contributed by atoms with Crippen molar-refractivity contribution in [1.29, 1.82) is 0 Å². The van der Waals surface area contributed by atoms with Gasteiger partial charge in [0.15, 0.2) is 6.26 Å². The van der Waals surface area contributed by atoms with Crippen LogP contribution in [0.2, 0.25) is 0 Å². The maximum Gasteiger partial charge on any atom is 0.252 e. The number of nitrogens with one attached hydrogen (secondary N) is 1. The molecular weight excluding hydrogens is 218 g/mol. The van der Waals surface area contributed by atoms with E-state index in [-0.39, 0.29) is 12.5 Å². The highest BCUT2D eigenvalue weighted by atomic mass is 16.1. The summed E-state index contributed by atoms with van der Waals surface area (Å²) in [5.74, 6) is -0.152. The van der Waals surface area contributed by atoms with Crippen LogP contribution in [-0.2, 0) is 11.3 Å². The lowest BCUT2D eigenvalue weighted by Gasteiger charge is -2.03. The Balaban J connectivity index is 2.57. The fraction of sp³-hybridized carbons (Fsp3) is 0.333. The molecule has 0 atom stereocenters. The summed E-state index contributed by atoms with van der Waals surface area (Å²) in [4.78, 5) is 29.7. The first-order valence-electron chi connectivity index (χ1n) is 5.87. The summed E-state index contributed by atoms with van der Waals surface area (Å²) in [6.45, 7) is 2.84. The molecule has 0 bridgehead atoms. The standard InChI is InChI=1S/C12H15N3O2/c1-2-5-14-12(17)10-3-4-11(15-8-10)9-13-6-7-16/h3-4,6-8H,2,5,9H2,1H3,(H,14,17)/i7T. The minimum Gasteiger partial charge on any atom is -0.352 e. The molecule has 0 aromatic carbocycles. The number of carbonyl (C=O) groups excluding carboxylic acids is 2. The van der Waals surface area contributed by atoms with Gasteiger partial charge in [-0.15, -0.1) is 0 Å². The van der Waals surface area contributed by atoms with Gasteiger partial charge in [0.2, 0.25) is 0 Å². The first kappa shape index (κ1) is 11.4. The second kappa shape index (κ2) is 7.27. The van der Waals surface area contributed by atoms with Crippen LogP contribution in [0.5, 0.6) is 0 Å². The number of rotatable bonds is 6. The lowest BCUT2D eigenvalue weighted by Crippen LogP contribution is -2.24. The maximum absolute atomic E-state index is 11.6. The number of nitrogens with zero attached hydrogens (tertiary/aromatic N) is 2. The molecule has 1 N–H and O–H groups in total. The third-order valence-electron chi connectivity index (χ3n) is 2.02. The second-order valence-electron chi connectivity index (χ2n) is 3.38. The van der Waals surface area contributed by atoms with Gasteiger partial charge in [0.1, 0.15) is 1.37 Å². The summed E-state index contributed by atoms with van der Waals surface area (Å²) in [6, 6.07) is 3.33. The number of amides is 1. The highest BCUT2D eigenvalue weighted by Gasteiger charge is 2.04. The zero-order chi connectivity index (χ0) is 13.4. The average molecular weight is 235 g/mol. The molecule has 1 aromatic heterocycles. The number of carbonyl (C=O) groups is 2. The summed E-state index contributed by atoms with van der Waals surface area (Å²) in [7, 11) is 0. The van der Waals surface area contributed by atoms with Crippen LogP contribution >= 0.6 is 0 Å². The zero-order valence-electron chi connectivity index (χ0n) is 10.6. The van der Waals surface area contributed by atoms with Crippen LogP contribution in [0.25, 0.3) is 0 Å². The fourth-order valence-corrected chi connectivity index (χ4v) is 1.17. The predicted octanol–water partition coefficient (Wildman–Crippen LogP) is 0.991. The van der Waals surface area contributed by atoms with Gasteiger partial charge >= 0.3 is 0 Å². The Morgan fingerprint density at radius 1 is 1.65 bits per heavy atom. The molecular formula is C12H15N3O2. The van der Waals surface area contributed by atoms with Crippen molar-refractivity contribution in [2.75, 3.05) is 6.54 Å². The first-order chi connectivity index (χ1) is 8.63. The van der Waals surface area contributed by atoms with Gasteiger partial charge in [-0.1, -0.05) is 6.92 Å². The van der Waals surface area contributed by atoms with Gasteiger partial charge in [-0.05, 0) is 18.6 Å². The quantitative estimate of drug-likeness (QED) is 0.590. The lowest BCUT2D eigenvalue weighted by molar-refractivity contribution is -0.102. The van der Waals surface area contributed by atoms with Gasteiger partial charge < -0.3 is 5.32 Å². The number of hydrogen-bond donors (Lipinski definition) is 1. The fourth-order valence-electron chi connectivity index (χ4n) is 1.17. The van der Waals surface area contributed by atoms with Crippen LogP contribution in [0.4, 0.5) is 0 Å². The van der Waals surface area contributed by atoms with E-state index in [2.05, 4.69) is 15.3 Å². The third-order valence-corrected chi connectivity index (χ3v) is 2.02. The highest BCUT2D eigenvalue weighted by Crippen LogP contribution is 2.01. The van der Waals surface area contributed by atoms with Crippen LogP contribution in [0, 0.1) is 0 Å². The summed E-state index contributed by atoms with van der Waals surface area (Å²) in [5.41, 5.74) is 1.13. The molecule has 5 heteroatoms. The van der Waals surface area contributed by atoms with E-state index < -0.39 is 6.26 Å². The summed E-state index contributed by atoms with van der Waals surface area (Å²) < 4.78 is 6.64. The van der Waals surface area contributed by atoms with E-state index in [1.165, 1.54) is 6.20 Å². The van der Waals surface area contributed by atoms with Crippen LogP contribution in [0.15, 0.2) is 23.3 Å². The Morgan fingerprint density at radius 3 is 3.06 bits per heavy atom. The molecule has 0 saturated heterocycles. The Bertz CT molecular complexity index is 443. The van der Waals surface area contributed by atoms with Crippen LogP contribution in [0.1, 0.15) is 30.8 Å². The molecule has 0 saturated carbocycles. The molecule has 1 rings (SSSR count). The van der Waals surface area contributed by atoms with Crippen molar-refractivity contribution in [3.05, 3.63) is 29.6 Å². The number of aromatic nitrogens is 1. The van der Waals surface area contributed by atoms with Crippen LogP contribution in [0.3, 0.4) is 0 Å². The topological polar surface area (TPSA) is 71.4 Å². The van der Waals surface area contributed by atoms with E-state index in [0.717, 1.165) is 12.6 Å². The molecule has 0 spiro atoms. The third kappa shape index (κ3) is 4.55. The SMILES string of the molecule is [3H]C(=O)C=NCc1ccc(C(=O)NCCC)cn1. The van der Waals surface area contributed by atoms with E-state index in [9.17, 15) is 9.59 Å². The number of hydrogen-bond acceptors (Lipinski definition) is 4. The molecule has 0 aliphatic heterocycles. The minimum absolute atomic E-state index is 0.152. The molecule has 5 nitrogen and oxygen atoms in total. The first-order valence-corrected chi connectivity index (χ1v) is 5.37. The monoisotopic (exact) mass is 235 g/mol. The average Bonchev–Trinajstić information content (AvgIpc) is 2.36. The minimum atomic E-state index is -0.842. The molecule has 90 valence electrons. The van der Waals surface area contributed by atoms with E-state index in [1.54, 1.807) is 12.1 Å². The number of aldehydes is 1. The normalized spacial score (nSPS) is 11.2. The molecule has 0 aliphatic rings. The molecule has 17 heavy (non-hydrogen) atoms. The zero-order valence-corrected chi connectivity index (χ0v) is 9.64. The van der Waals surface area contributed by atoms with Crippen molar-refractivity contribution in [3.8, 4) is 0 Å². The molecule has 0 fully saturated rings. The molecule has 1 heterocycles. The predicted molar refractivity (Wildman–Crippen MR) is 65.1 cm³/mol. The lowest BCUT2D eigenvalue weighted by atomic mass is 10.2. The largest absolute Gasteiger partial charge is 0.352 e. The number of pyridine rings is 1. The summed E-state index contributed by atoms with van der Waals surface area (Å²) in [6.07, 6.45) is 2.44. The van der Waals surface area contributed by atoms with Gasteiger partial charge in [0.05, 0.1) is 24.0 Å². The van der Waals surface area contributed by atoms with Crippen molar-refractivity contribution in [2.24, 2.45) is 4.99 Å².